The molecule has 2 heterocycles. The van der Waals surface area contributed by atoms with Crippen LogP contribution in [-0.4, -0.2) is 17.7 Å². The van der Waals surface area contributed by atoms with Crippen LogP contribution in [0.5, 0.6) is 0 Å². The van der Waals surface area contributed by atoms with Crippen LogP contribution in [0.15, 0.2) is 65.7 Å². The second-order valence-electron chi connectivity index (χ2n) is 6.99. The molecule has 0 unspecified atom stereocenters. The fourth-order valence-corrected chi connectivity index (χ4v) is 4.23. The Hall–Kier alpha value is -3.42. The number of aryl methyl sites for hydroxylation is 1. The second kappa shape index (κ2) is 8.37. The SMILES string of the molecule is CC(=O)Nc1ccc(N2C(=O)C(Nc3cc(Cl)ccc3C)=C(c3cccs3)C2=O)cc1. The molecule has 1 aromatic heterocycles. The molecule has 3 amide bonds. The van der Waals surface area contributed by atoms with Crippen molar-refractivity contribution in [2.45, 2.75) is 13.8 Å². The van der Waals surface area contributed by atoms with Gasteiger partial charge in [-0.15, -0.1) is 11.3 Å². The number of imide groups is 1. The van der Waals surface area contributed by atoms with Crippen LogP contribution in [0.2, 0.25) is 5.02 Å². The summed E-state index contributed by atoms with van der Waals surface area (Å²) in [5.41, 5.74) is 3.04. The van der Waals surface area contributed by atoms with E-state index in [9.17, 15) is 14.4 Å². The number of thiophene rings is 1. The van der Waals surface area contributed by atoms with Crippen LogP contribution in [0.4, 0.5) is 17.1 Å². The van der Waals surface area contributed by atoms with E-state index in [2.05, 4.69) is 10.6 Å². The van der Waals surface area contributed by atoms with E-state index in [-0.39, 0.29) is 11.6 Å². The highest BCUT2D eigenvalue weighted by Gasteiger charge is 2.40. The first kappa shape index (κ1) is 20.8. The standard InChI is InChI=1S/C23H18ClN3O3S/c1-13-5-6-15(24)12-18(13)26-21-20(19-4-3-11-31-19)22(29)27(23(21)30)17-9-7-16(8-10-17)25-14(2)28/h3-12,26H,1-2H3,(H,25,28). The van der Waals surface area contributed by atoms with Crippen molar-refractivity contribution in [1.82, 2.24) is 0 Å². The number of benzene rings is 2. The molecule has 0 aliphatic carbocycles. The van der Waals surface area contributed by atoms with Gasteiger partial charge in [-0.25, -0.2) is 4.90 Å². The molecular weight excluding hydrogens is 434 g/mol. The number of rotatable bonds is 5. The number of halogens is 1. The molecular formula is C23H18ClN3O3S. The lowest BCUT2D eigenvalue weighted by molar-refractivity contribution is -0.120. The van der Waals surface area contributed by atoms with Gasteiger partial charge in [0.2, 0.25) is 5.91 Å². The van der Waals surface area contributed by atoms with Gasteiger partial charge in [0.25, 0.3) is 11.8 Å². The van der Waals surface area contributed by atoms with Crippen molar-refractivity contribution in [1.29, 1.82) is 0 Å². The Kier molecular flexibility index (Phi) is 5.63. The number of anilines is 3. The molecule has 0 spiro atoms. The first-order valence-electron chi connectivity index (χ1n) is 9.43. The summed E-state index contributed by atoms with van der Waals surface area (Å²) in [5, 5.41) is 8.18. The van der Waals surface area contributed by atoms with E-state index < -0.39 is 11.8 Å². The molecule has 31 heavy (non-hydrogen) atoms. The Labute approximate surface area is 188 Å². The third-order valence-corrected chi connectivity index (χ3v) is 5.88. The summed E-state index contributed by atoms with van der Waals surface area (Å²) in [5.74, 6) is -1.08. The van der Waals surface area contributed by atoms with Crippen molar-refractivity contribution in [3.05, 3.63) is 81.1 Å². The third kappa shape index (κ3) is 4.10. The molecule has 0 saturated carbocycles. The summed E-state index contributed by atoms with van der Waals surface area (Å²) in [6, 6.07) is 15.5. The molecule has 0 atom stereocenters. The summed E-state index contributed by atoms with van der Waals surface area (Å²) in [7, 11) is 0. The van der Waals surface area contributed by atoms with Crippen molar-refractivity contribution in [2.75, 3.05) is 15.5 Å². The normalized spacial score (nSPS) is 13.7. The monoisotopic (exact) mass is 451 g/mol. The molecule has 6 nitrogen and oxygen atoms in total. The van der Waals surface area contributed by atoms with Gasteiger partial charge < -0.3 is 10.6 Å². The maximum absolute atomic E-state index is 13.4. The Balaban J connectivity index is 1.74. The Bertz CT molecular complexity index is 1220. The van der Waals surface area contributed by atoms with Crippen LogP contribution in [-0.2, 0) is 14.4 Å². The van der Waals surface area contributed by atoms with Gasteiger partial charge >= 0.3 is 0 Å². The fourth-order valence-electron chi connectivity index (χ4n) is 3.29. The lowest BCUT2D eigenvalue weighted by Gasteiger charge is -2.16. The molecule has 2 aromatic carbocycles. The van der Waals surface area contributed by atoms with Crippen LogP contribution < -0.4 is 15.5 Å². The molecule has 0 saturated heterocycles. The summed E-state index contributed by atoms with van der Waals surface area (Å²) in [6.07, 6.45) is 0. The first-order chi connectivity index (χ1) is 14.8. The molecule has 0 radical (unpaired) electrons. The lowest BCUT2D eigenvalue weighted by atomic mass is 10.1. The van der Waals surface area contributed by atoms with Gasteiger partial charge in [-0.05, 0) is 60.3 Å². The second-order valence-corrected chi connectivity index (χ2v) is 8.37. The number of nitrogens with one attached hydrogen (secondary N) is 2. The minimum Gasteiger partial charge on any atom is -0.350 e. The van der Waals surface area contributed by atoms with Crippen LogP contribution in [0.1, 0.15) is 17.4 Å². The lowest BCUT2D eigenvalue weighted by Crippen LogP contribution is -2.32. The predicted octanol–water partition coefficient (Wildman–Crippen LogP) is 5.06. The molecule has 1 aliphatic rings. The van der Waals surface area contributed by atoms with Gasteiger partial charge in [0, 0.05) is 28.2 Å². The number of hydrogen-bond donors (Lipinski definition) is 2. The molecule has 0 bridgehead atoms. The van der Waals surface area contributed by atoms with E-state index in [1.165, 1.54) is 18.3 Å². The predicted molar refractivity (Wildman–Crippen MR) is 124 cm³/mol. The highest BCUT2D eigenvalue weighted by Crippen LogP contribution is 2.36. The van der Waals surface area contributed by atoms with Gasteiger partial charge in [0.15, 0.2) is 0 Å². The average Bonchev–Trinajstić information content (AvgIpc) is 3.32. The van der Waals surface area contributed by atoms with Crippen LogP contribution in [0.25, 0.3) is 5.57 Å². The number of carbonyl (C=O) groups excluding carboxylic acids is 3. The smallest absolute Gasteiger partial charge is 0.282 e. The van der Waals surface area contributed by atoms with E-state index in [4.69, 9.17) is 11.6 Å². The number of nitrogens with zero attached hydrogens (tertiary/aromatic N) is 1. The molecule has 2 N–H and O–H groups in total. The minimum atomic E-state index is -0.458. The van der Waals surface area contributed by atoms with Crippen LogP contribution in [0, 0.1) is 6.92 Å². The van der Waals surface area contributed by atoms with Crippen LogP contribution >= 0.6 is 22.9 Å². The molecule has 8 heteroatoms. The number of amides is 3. The van der Waals surface area contributed by atoms with E-state index in [1.807, 2.05) is 24.4 Å². The van der Waals surface area contributed by atoms with Crippen molar-refractivity contribution in [3.63, 3.8) is 0 Å². The van der Waals surface area contributed by atoms with E-state index in [0.29, 0.717) is 32.5 Å². The zero-order valence-corrected chi connectivity index (χ0v) is 18.3. The minimum absolute atomic E-state index is 0.198. The quantitative estimate of drug-likeness (QED) is 0.531. The highest BCUT2D eigenvalue weighted by atomic mass is 35.5. The third-order valence-electron chi connectivity index (χ3n) is 4.76. The number of hydrogen-bond acceptors (Lipinski definition) is 5. The van der Waals surface area contributed by atoms with Gasteiger partial charge in [-0.2, -0.15) is 0 Å². The summed E-state index contributed by atoms with van der Waals surface area (Å²) >= 11 is 7.52. The largest absolute Gasteiger partial charge is 0.350 e. The Morgan fingerprint density at radius 3 is 2.42 bits per heavy atom. The molecule has 1 aliphatic heterocycles. The fraction of sp³-hybridized carbons (Fsp3) is 0.0870. The van der Waals surface area contributed by atoms with Crippen molar-refractivity contribution >= 4 is 63.3 Å². The molecule has 4 rings (SSSR count). The van der Waals surface area contributed by atoms with E-state index in [1.54, 1.807) is 42.5 Å². The number of carbonyl (C=O) groups is 3. The van der Waals surface area contributed by atoms with Gasteiger partial charge in [-0.3, -0.25) is 14.4 Å². The topological polar surface area (TPSA) is 78.5 Å². The summed E-state index contributed by atoms with van der Waals surface area (Å²) < 4.78 is 0. The van der Waals surface area contributed by atoms with Gasteiger partial charge in [-0.1, -0.05) is 23.7 Å². The summed E-state index contributed by atoms with van der Waals surface area (Å²) in [4.78, 5) is 39.8. The molecule has 0 fully saturated rings. The van der Waals surface area contributed by atoms with Gasteiger partial charge in [0.05, 0.1) is 11.3 Å². The average molecular weight is 452 g/mol. The maximum Gasteiger partial charge on any atom is 0.282 e. The zero-order valence-electron chi connectivity index (χ0n) is 16.7. The Morgan fingerprint density at radius 2 is 1.77 bits per heavy atom. The van der Waals surface area contributed by atoms with E-state index >= 15 is 0 Å². The van der Waals surface area contributed by atoms with Crippen molar-refractivity contribution in [3.8, 4) is 0 Å². The zero-order chi connectivity index (χ0) is 22.1. The van der Waals surface area contributed by atoms with Crippen molar-refractivity contribution in [2.24, 2.45) is 0 Å². The molecule has 3 aromatic rings. The van der Waals surface area contributed by atoms with Crippen LogP contribution in [0.3, 0.4) is 0 Å². The van der Waals surface area contributed by atoms with E-state index in [0.717, 1.165) is 10.5 Å². The highest BCUT2D eigenvalue weighted by molar-refractivity contribution is 7.11. The van der Waals surface area contributed by atoms with Gasteiger partial charge in [0.1, 0.15) is 5.70 Å². The first-order valence-corrected chi connectivity index (χ1v) is 10.7. The van der Waals surface area contributed by atoms with Crippen molar-refractivity contribution < 1.29 is 14.4 Å². The molecule has 156 valence electrons. The summed E-state index contributed by atoms with van der Waals surface area (Å²) in [6.45, 7) is 3.30. The maximum atomic E-state index is 13.4. The Morgan fingerprint density at radius 1 is 1.03 bits per heavy atom.